The predicted octanol–water partition coefficient (Wildman–Crippen LogP) is 5.16. The highest BCUT2D eigenvalue weighted by Gasteiger charge is 2.21. The summed E-state index contributed by atoms with van der Waals surface area (Å²) >= 11 is 19.0. The van der Waals surface area contributed by atoms with Gasteiger partial charge in [-0.3, -0.25) is 0 Å². The van der Waals surface area contributed by atoms with Crippen LogP contribution in [-0.4, -0.2) is 7.05 Å². The molecule has 0 bridgehead atoms. The van der Waals surface area contributed by atoms with Crippen LogP contribution in [-0.2, 0) is 0 Å². The van der Waals surface area contributed by atoms with Gasteiger partial charge in [0, 0.05) is 16.1 Å². The van der Waals surface area contributed by atoms with Gasteiger partial charge in [-0.05, 0) is 25.2 Å². The average molecular weight is 325 g/mol. The fourth-order valence-corrected chi connectivity index (χ4v) is 3.45. The van der Waals surface area contributed by atoms with Crippen LogP contribution in [0, 0.1) is 5.82 Å². The van der Waals surface area contributed by atoms with Crippen molar-refractivity contribution in [3.05, 3.63) is 54.9 Å². The van der Waals surface area contributed by atoms with Crippen LogP contribution < -0.4 is 5.32 Å². The van der Waals surface area contributed by atoms with Gasteiger partial charge in [-0.25, -0.2) is 4.39 Å². The van der Waals surface area contributed by atoms with Gasteiger partial charge >= 0.3 is 0 Å². The molecule has 1 unspecified atom stereocenters. The molecule has 0 aliphatic heterocycles. The standard InChI is InChI=1S/C12H9Cl3FNS/c1-17-11(8-5-10(14)18-12(8)15)7-3-2-6(13)4-9(7)16/h2-5,11,17H,1H3. The summed E-state index contributed by atoms with van der Waals surface area (Å²) in [6.45, 7) is 0. The van der Waals surface area contributed by atoms with Crippen molar-refractivity contribution in [1.29, 1.82) is 0 Å². The molecule has 1 nitrogen and oxygen atoms in total. The van der Waals surface area contributed by atoms with Gasteiger partial charge < -0.3 is 5.32 Å². The topological polar surface area (TPSA) is 12.0 Å². The SMILES string of the molecule is CNC(c1ccc(Cl)cc1F)c1cc(Cl)sc1Cl. The lowest BCUT2D eigenvalue weighted by Crippen LogP contribution is -2.18. The number of benzene rings is 1. The van der Waals surface area contributed by atoms with E-state index in [9.17, 15) is 4.39 Å². The highest BCUT2D eigenvalue weighted by Crippen LogP contribution is 2.38. The minimum Gasteiger partial charge on any atom is -0.309 e. The van der Waals surface area contributed by atoms with Gasteiger partial charge in [0.25, 0.3) is 0 Å². The molecule has 0 spiro atoms. The molecule has 96 valence electrons. The van der Waals surface area contributed by atoms with E-state index in [0.717, 1.165) is 5.56 Å². The van der Waals surface area contributed by atoms with E-state index in [1.165, 1.54) is 17.4 Å². The van der Waals surface area contributed by atoms with E-state index in [-0.39, 0.29) is 11.9 Å². The lowest BCUT2D eigenvalue weighted by molar-refractivity contribution is 0.577. The zero-order valence-electron chi connectivity index (χ0n) is 9.31. The summed E-state index contributed by atoms with van der Waals surface area (Å²) in [6, 6.07) is 5.96. The van der Waals surface area contributed by atoms with E-state index < -0.39 is 0 Å². The van der Waals surface area contributed by atoms with Crippen LogP contribution in [0.4, 0.5) is 4.39 Å². The second-order valence-electron chi connectivity index (χ2n) is 3.67. The van der Waals surface area contributed by atoms with Crippen molar-refractivity contribution in [2.75, 3.05) is 7.05 Å². The molecule has 1 atom stereocenters. The van der Waals surface area contributed by atoms with E-state index in [2.05, 4.69) is 5.32 Å². The molecule has 1 aromatic carbocycles. The molecular formula is C12H9Cl3FNS. The highest BCUT2D eigenvalue weighted by atomic mass is 35.5. The van der Waals surface area contributed by atoms with Crippen LogP contribution in [0.2, 0.25) is 13.7 Å². The maximum Gasteiger partial charge on any atom is 0.129 e. The Bertz CT molecular complexity index is 570. The van der Waals surface area contributed by atoms with Crippen molar-refractivity contribution in [2.45, 2.75) is 6.04 Å². The predicted molar refractivity (Wildman–Crippen MR) is 76.7 cm³/mol. The number of hydrogen-bond acceptors (Lipinski definition) is 2. The molecule has 0 saturated heterocycles. The summed E-state index contributed by atoms with van der Waals surface area (Å²) in [5.74, 6) is -0.375. The number of nitrogens with one attached hydrogen (secondary N) is 1. The minimum absolute atomic E-state index is 0.349. The van der Waals surface area contributed by atoms with Gasteiger partial charge in [0.15, 0.2) is 0 Å². The molecule has 6 heteroatoms. The molecule has 0 amide bonds. The quantitative estimate of drug-likeness (QED) is 0.822. The monoisotopic (exact) mass is 323 g/mol. The first-order valence-corrected chi connectivity index (χ1v) is 7.05. The first-order chi connectivity index (χ1) is 8.52. The summed E-state index contributed by atoms with van der Waals surface area (Å²) < 4.78 is 15.0. The second kappa shape index (κ2) is 5.76. The molecular weight excluding hydrogens is 316 g/mol. The van der Waals surface area contributed by atoms with Gasteiger partial charge in [0.2, 0.25) is 0 Å². The fourth-order valence-electron chi connectivity index (χ4n) is 1.76. The zero-order valence-corrected chi connectivity index (χ0v) is 12.4. The van der Waals surface area contributed by atoms with Crippen LogP contribution in [0.1, 0.15) is 17.2 Å². The Morgan fingerprint density at radius 1 is 1.17 bits per heavy atom. The zero-order chi connectivity index (χ0) is 13.3. The average Bonchev–Trinajstić information content (AvgIpc) is 2.62. The smallest absolute Gasteiger partial charge is 0.129 e. The van der Waals surface area contributed by atoms with E-state index >= 15 is 0 Å². The van der Waals surface area contributed by atoms with E-state index in [4.69, 9.17) is 34.8 Å². The summed E-state index contributed by atoms with van der Waals surface area (Å²) in [4.78, 5) is 0. The molecule has 1 N–H and O–H groups in total. The third-order valence-corrected chi connectivity index (χ3v) is 4.31. The van der Waals surface area contributed by atoms with Crippen LogP contribution in [0.3, 0.4) is 0 Å². The molecule has 2 aromatic rings. The van der Waals surface area contributed by atoms with Crippen molar-refractivity contribution in [2.24, 2.45) is 0 Å². The highest BCUT2D eigenvalue weighted by molar-refractivity contribution is 7.20. The third kappa shape index (κ3) is 2.81. The lowest BCUT2D eigenvalue weighted by Gasteiger charge is -2.17. The third-order valence-electron chi connectivity index (χ3n) is 2.56. The largest absolute Gasteiger partial charge is 0.309 e. The van der Waals surface area contributed by atoms with Gasteiger partial charge in [-0.15, -0.1) is 11.3 Å². The van der Waals surface area contributed by atoms with E-state index in [1.54, 1.807) is 25.2 Å². The number of thiophene rings is 1. The molecule has 1 aromatic heterocycles. The number of hydrogen-bond donors (Lipinski definition) is 1. The summed E-state index contributed by atoms with van der Waals surface area (Å²) in [7, 11) is 1.74. The summed E-state index contributed by atoms with van der Waals surface area (Å²) in [5, 5.41) is 3.39. The molecule has 2 rings (SSSR count). The normalized spacial score (nSPS) is 12.7. The Hall–Kier alpha value is -0.320. The fraction of sp³-hybridized carbons (Fsp3) is 0.167. The van der Waals surface area contributed by atoms with Gasteiger partial charge in [-0.1, -0.05) is 40.9 Å². The summed E-state index contributed by atoms with van der Waals surface area (Å²) in [5.41, 5.74) is 1.24. The maximum absolute atomic E-state index is 13.9. The minimum atomic E-state index is -0.375. The maximum atomic E-state index is 13.9. The van der Waals surface area contributed by atoms with Crippen molar-refractivity contribution >= 4 is 46.1 Å². The number of rotatable bonds is 3. The van der Waals surface area contributed by atoms with E-state index in [0.29, 0.717) is 19.3 Å². The van der Waals surface area contributed by atoms with Crippen molar-refractivity contribution in [1.82, 2.24) is 5.32 Å². The van der Waals surface area contributed by atoms with Crippen molar-refractivity contribution < 1.29 is 4.39 Å². The van der Waals surface area contributed by atoms with Crippen LogP contribution in [0.25, 0.3) is 0 Å². The van der Waals surface area contributed by atoms with Crippen LogP contribution in [0.15, 0.2) is 24.3 Å². The van der Waals surface area contributed by atoms with Crippen molar-refractivity contribution in [3.63, 3.8) is 0 Å². The Balaban J connectivity index is 2.48. The first kappa shape index (κ1) is 14.1. The van der Waals surface area contributed by atoms with Crippen LogP contribution >= 0.6 is 46.1 Å². The Labute approximate surface area is 123 Å². The Morgan fingerprint density at radius 2 is 1.89 bits per heavy atom. The van der Waals surface area contributed by atoms with E-state index in [1.807, 2.05) is 0 Å². The Kier molecular flexibility index (Phi) is 4.51. The second-order valence-corrected chi connectivity index (χ2v) is 6.39. The van der Waals surface area contributed by atoms with Gasteiger partial charge in [-0.2, -0.15) is 0 Å². The van der Waals surface area contributed by atoms with Gasteiger partial charge in [0.05, 0.1) is 14.7 Å². The van der Waals surface area contributed by atoms with Crippen molar-refractivity contribution in [3.8, 4) is 0 Å². The molecule has 0 aliphatic carbocycles. The molecule has 1 heterocycles. The van der Waals surface area contributed by atoms with Gasteiger partial charge in [0.1, 0.15) is 5.82 Å². The molecule has 0 saturated carbocycles. The lowest BCUT2D eigenvalue weighted by atomic mass is 10.0. The molecule has 0 aliphatic rings. The molecule has 18 heavy (non-hydrogen) atoms. The molecule has 0 fully saturated rings. The molecule has 0 radical (unpaired) electrons. The number of halogens is 4. The Morgan fingerprint density at radius 3 is 2.39 bits per heavy atom. The van der Waals surface area contributed by atoms with Crippen LogP contribution in [0.5, 0.6) is 0 Å². The summed E-state index contributed by atoms with van der Waals surface area (Å²) in [6.07, 6.45) is 0. The first-order valence-electron chi connectivity index (χ1n) is 5.10.